The van der Waals surface area contributed by atoms with Crippen molar-refractivity contribution < 1.29 is 8.42 Å². The Hall–Kier alpha value is -1.38. The summed E-state index contributed by atoms with van der Waals surface area (Å²) in [6.07, 6.45) is 2.16. The highest BCUT2D eigenvalue weighted by Gasteiger charge is 2.11. The summed E-state index contributed by atoms with van der Waals surface area (Å²) in [5.74, 6) is 0.723. The molecule has 0 unspecified atom stereocenters. The topological polar surface area (TPSA) is 70.6 Å². The van der Waals surface area contributed by atoms with Crippen molar-refractivity contribution in [1.29, 1.82) is 0 Å². The molecular weight excluding hydrogens is 422 g/mol. The molecule has 0 spiro atoms. The van der Waals surface area contributed by atoms with Crippen molar-refractivity contribution in [2.24, 2.45) is 4.99 Å². The summed E-state index contributed by atoms with van der Waals surface area (Å²) in [6, 6.07) is 9.54. The SMILES string of the molecule is CN=C(NCCc1ccc(Br)s1)NCc1ccc(S(C)(=O)=O)c(C)c1. The molecule has 0 saturated heterocycles. The molecule has 1 heterocycles. The first-order valence-electron chi connectivity index (χ1n) is 7.78. The molecular formula is C17H22BrN3O2S2. The number of sulfone groups is 1. The lowest BCUT2D eigenvalue weighted by molar-refractivity contribution is 0.601. The lowest BCUT2D eigenvalue weighted by Gasteiger charge is -2.12. The van der Waals surface area contributed by atoms with Crippen molar-refractivity contribution in [3.8, 4) is 0 Å². The van der Waals surface area contributed by atoms with Gasteiger partial charge in [-0.25, -0.2) is 8.42 Å². The number of nitrogens with one attached hydrogen (secondary N) is 2. The number of hydrogen-bond donors (Lipinski definition) is 2. The lowest BCUT2D eigenvalue weighted by atomic mass is 10.1. The van der Waals surface area contributed by atoms with Crippen molar-refractivity contribution in [1.82, 2.24) is 10.6 Å². The van der Waals surface area contributed by atoms with Crippen molar-refractivity contribution in [3.63, 3.8) is 0 Å². The summed E-state index contributed by atoms with van der Waals surface area (Å²) in [5, 5.41) is 6.53. The largest absolute Gasteiger partial charge is 0.356 e. The predicted molar refractivity (Wildman–Crippen MR) is 108 cm³/mol. The first kappa shape index (κ1) is 19.9. The molecule has 0 fully saturated rings. The standard InChI is InChI=1S/C17H22BrN3O2S2/c1-12-10-13(4-6-15(12)25(3,22)23)11-21-17(19-2)20-9-8-14-5-7-16(18)24-14/h4-7,10H,8-9,11H2,1-3H3,(H2,19,20,21). The quantitative estimate of drug-likeness (QED) is 0.531. The first-order chi connectivity index (χ1) is 11.8. The second kappa shape index (κ2) is 8.82. The highest BCUT2D eigenvalue weighted by atomic mass is 79.9. The molecule has 2 aromatic rings. The fourth-order valence-corrected chi connectivity index (χ4v) is 4.88. The number of nitrogens with zero attached hydrogens (tertiary/aromatic N) is 1. The van der Waals surface area contributed by atoms with E-state index < -0.39 is 9.84 Å². The van der Waals surface area contributed by atoms with Crippen molar-refractivity contribution in [2.45, 2.75) is 24.8 Å². The van der Waals surface area contributed by atoms with Crippen LogP contribution in [-0.4, -0.2) is 34.2 Å². The van der Waals surface area contributed by atoms with Gasteiger partial charge in [0.25, 0.3) is 0 Å². The molecule has 8 heteroatoms. The Bertz CT molecular complexity index is 861. The number of thiophene rings is 1. The molecule has 0 saturated carbocycles. The molecule has 0 bridgehead atoms. The van der Waals surface area contributed by atoms with E-state index in [1.54, 1.807) is 24.5 Å². The van der Waals surface area contributed by atoms with E-state index in [1.165, 1.54) is 11.1 Å². The molecule has 1 aromatic carbocycles. The summed E-state index contributed by atoms with van der Waals surface area (Å²) in [6.45, 7) is 3.18. The number of aryl methyl sites for hydroxylation is 1. The molecule has 2 N–H and O–H groups in total. The maximum atomic E-state index is 11.7. The van der Waals surface area contributed by atoms with Gasteiger partial charge in [-0.2, -0.15) is 0 Å². The molecule has 0 aliphatic carbocycles. The second-order valence-corrected chi connectivity index (χ2v) is 10.2. The lowest BCUT2D eigenvalue weighted by Crippen LogP contribution is -2.37. The smallest absolute Gasteiger partial charge is 0.191 e. The Morgan fingerprint density at radius 3 is 2.56 bits per heavy atom. The number of aliphatic imine (C=N–C) groups is 1. The number of benzene rings is 1. The molecule has 0 amide bonds. The summed E-state index contributed by atoms with van der Waals surface area (Å²) >= 11 is 5.19. The third-order valence-corrected chi connectivity index (χ3v) is 6.56. The minimum Gasteiger partial charge on any atom is -0.356 e. The van der Waals surface area contributed by atoms with Crippen LogP contribution in [0.5, 0.6) is 0 Å². The predicted octanol–water partition coefficient (Wildman–Crippen LogP) is 3.13. The average Bonchev–Trinajstić information content (AvgIpc) is 2.95. The van der Waals surface area contributed by atoms with E-state index in [1.807, 2.05) is 19.1 Å². The van der Waals surface area contributed by atoms with Crippen molar-refractivity contribution >= 4 is 43.1 Å². The zero-order chi connectivity index (χ0) is 18.4. The first-order valence-corrected chi connectivity index (χ1v) is 11.3. The van der Waals surface area contributed by atoms with E-state index in [0.29, 0.717) is 11.4 Å². The van der Waals surface area contributed by atoms with Crippen LogP contribution in [0.3, 0.4) is 0 Å². The fraction of sp³-hybridized carbons (Fsp3) is 0.353. The van der Waals surface area contributed by atoms with Gasteiger partial charge in [-0.05, 0) is 58.6 Å². The van der Waals surface area contributed by atoms with Gasteiger partial charge in [-0.1, -0.05) is 12.1 Å². The highest BCUT2D eigenvalue weighted by molar-refractivity contribution is 9.11. The van der Waals surface area contributed by atoms with Crippen LogP contribution in [0.4, 0.5) is 0 Å². The Labute approximate surface area is 161 Å². The monoisotopic (exact) mass is 443 g/mol. The van der Waals surface area contributed by atoms with E-state index in [-0.39, 0.29) is 0 Å². The normalized spacial score (nSPS) is 12.2. The molecule has 0 aliphatic heterocycles. The van der Waals surface area contributed by atoms with Crippen molar-refractivity contribution in [2.75, 3.05) is 19.8 Å². The number of rotatable bonds is 6. The highest BCUT2D eigenvalue weighted by Crippen LogP contribution is 2.22. The van der Waals surface area contributed by atoms with Gasteiger partial charge in [0.1, 0.15) is 0 Å². The van der Waals surface area contributed by atoms with Gasteiger partial charge in [0, 0.05) is 31.3 Å². The Balaban J connectivity index is 1.87. The van der Waals surface area contributed by atoms with Gasteiger partial charge in [-0.15, -0.1) is 11.3 Å². The molecule has 0 atom stereocenters. The third kappa shape index (κ3) is 6.13. The Morgan fingerprint density at radius 2 is 2.00 bits per heavy atom. The van der Waals surface area contributed by atoms with Gasteiger partial charge in [0.15, 0.2) is 15.8 Å². The van der Waals surface area contributed by atoms with Crippen LogP contribution in [0.25, 0.3) is 0 Å². The zero-order valence-corrected chi connectivity index (χ0v) is 17.7. The third-order valence-electron chi connectivity index (χ3n) is 3.62. The zero-order valence-electron chi connectivity index (χ0n) is 14.5. The van der Waals surface area contributed by atoms with Gasteiger partial charge in [0.2, 0.25) is 0 Å². The van der Waals surface area contributed by atoms with Gasteiger partial charge < -0.3 is 10.6 Å². The van der Waals surface area contributed by atoms with Crippen LogP contribution < -0.4 is 10.6 Å². The van der Waals surface area contributed by atoms with Gasteiger partial charge >= 0.3 is 0 Å². The maximum Gasteiger partial charge on any atom is 0.191 e. The van der Waals surface area contributed by atoms with E-state index in [4.69, 9.17) is 0 Å². The van der Waals surface area contributed by atoms with Crippen LogP contribution >= 0.6 is 27.3 Å². The van der Waals surface area contributed by atoms with Crippen LogP contribution in [-0.2, 0) is 22.8 Å². The summed E-state index contributed by atoms with van der Waals surface area (Å²) in [7, 11) is -1.45. The number of halogens is 1. The Kier molecular flexibility index (Phi) is 7.04. The molecule has 0 aliphatic rings. The minimum absolute atomic E-state index is 0.376. The van der Waals surface area contributed by atoms with Gasteiger partial charge in [0.05, 0.1) is 8.68 Å². The van der Waals surface area contributed by atoms with Crippen LogP contribution in [0.1, 0.15) is 16.0 Å². The molecule has 0 radical (unpaired) electrons. The average molecular weight is 444 g/mol. The fourth-order valence-electron chi connectivity index (χ4n) is 2.43. The minimum atomic E-state index is -3.18. The van der Waals surface area contributed by atoms with Gasteiger partial charge in [-0.3, -0.25) is 4.99 Å². The maximum absolute atomic E-state index is 11.7. The van der Waals surface area contributed by atoms with E-state index in [0.717, 1.165) is 33.8 Å². The molecule has 25 heavy (non-hydrogen) atoms. The molecule has 136 valence electrons. The van der Waals surface area contributed by atoms with E-state index in [2.05, 4.69) is 43.7 Å². The van der Waals surface area contributed by atoms with Crippen LogP contribution in [0, 0.1) is 6.92 Å². The van der Waals surface area contributed by atoms with Crippen molar-refractivity contribution in [3.05, 3.63) is 50.1 Å². The summed E-state index contributed by atoms with van der Waals surface area (Å²) in [5.41, 5.74) is 1.77. The Morgan fingerprint density at radius 1 is 1.24 bits per heavy atom. The molecule has 5 nitrogen and oxygen atoms in total. The summed E-state index contributed by atoms with van der Waals surface area (Å²) < 4.78 is 24.5. The molecule has 1 aromatic heterocycles. The number of guanidine groups is 1. The number of hydrogen-bond acceptors (Lipinski definition) is 4. The molecule has 2 rings (SSSR count). The van der Waals surface area contributed by atoms with E-state index in [9.17, 15) is 8.42 Å². The van der Waals surface area contributed by atoms with Crippen LogP contribution in [0.15, 0.2) is 44.0 Å². The second-order valence-electron chi connectivity index (χ2n) is 5.68. The van der Waals surface area contributed by atoms with E-state index >= 15 is 0 Å². The summed E-state index contributed by atoms with van der Waals surface area (Å²) in [4.78, 5) is 5.89. The van der Waals surface area contributed by atoms with Crippen LogP contribution in [0.2, 0.25) is 0 Å².